The number of sulfonamides is 2. The highest BCUT2D eigenvalue weighted by molar-refractivity contribution is 7.92. The van der Waals surface area contributed by atoms with E-state index in [1.807, 2.05) is 6.92 Å². The first-order valence-corrected chi connectivity index (χ1v) is 11.6. The lowest BCUT2D eigenvalue weighted by molar-refractivity contribution is 0.281. The van der Waals surface area contributed by atoms with Gasteiger partial charge in [-0.25, -0.2) is 25.6 Å². The van der Waals surface area contributed by atoms with Gasteiger partial charge in [-0.05, 0) is 61.2 Å². The maximum Gasteiger partial charge on any atom is 0.264 e. The van der Waals surface area contributed by atoms with Crippen LogP contribution in [0.15, 0.2) is 52.3 Å². The molecule has 2 aromatic carbocycles. The van der Waals surface area contributed by atoms with Crippen LogP contribution in [0.1, 0.15) is 19.8 Å². The number of hydrogen-bond donors (Lipinski definition) is 1. The lowest BCUT2D eigenvalue weighted by Crippen LogP contribution is -2.39. The molecule has 1 aliphatic rings. The van der Waals surface area contributed by atoms with Crippen molar-refractivity contribution in [2.75, 3.05) is 17.8 Å². The van der Waals surface area contributed by atoms with Crippen LogP contribution in [0.3, 0.4) is 0 Å². The van der Waals surface area contributed by atoms with E-state index >= 15 is 0 Å². The Morgan fingerprint density at radius 3 is 2.36 bits per heavy atom. The van der Waals surface area contributed by atoms with E-state index < -0.39 is 36.6 Å². The van der Waals surface area contributed by atoms with E-state index in [9.17, 15) is 25.6 Å². The van der Waals surface area contributed by atoms with Gasteiger partial charge in [0.15, 0.2) is 0 Å². The molecular weight excluding hydrogens is 410 g/mol. The smallest absolute Gasteiger partial charge is 0.264 e. The minimum absolute atomic E-state index is 0.0367. The second-order valence-corrected chi connectivity index (χ2v) is 10.4. The van der Waals surface area contributed by atoms with Gasteiger partial charge in [-0.15, -0.1) is 0 Å². The van der Waals surface area contributed by atoms with Crippen molar-refractivity contribution in [3.05, 3.63) is 54.1 Å². The Hall–Kier alpha value is -2.04. The fourth-order valence-corrected chi connectivity index (χ4v) is 5.85. The summed E-state index contributed by atoms with van der Waals surface area (Å²) in [5.41, 5.74) is 0.0367. The maximum absolute atomic E-state index is 13.8. The highest BCUT2D eigenvalue weighted by atomic mass is 32.2. The Balaban J connectivity index is 1.82. The minimum Gasteiger partial charge on any atom is -0.280 e. The summed E-state index contributed by atoms with van der Waals surface area (Å²) in [4.78, 5) is -0.784. The van der Waals surface area contributed by atoms with E-state index in [1.165, 1.54) is 28.6 Å². The van der Waals surface area contributed by atoms with Crippen LogP contribution in [0, 0.1) is 17.6 Å². The third-order valence-electron chi connectivity index (χ3n) is 4.55. The van der Waals surface area contributed by atoms with Crippen LogP contribution in [-0.2, 0) is 20.0 Å². The molecule has 1 atom stereocenters. The van der Waals surface area contributed by atoms with E-state index in [0.29, 0.717) is 19.2 Å². The number of nitrogens with one attached hydrogen (secondary N) is 1. The number of rotatable bonds is 5. The van der Waals surface area contributed by atoms with Crippen molar-refractivity contribution in [2.45, 2.75) is 29.6 Å². The monoisotopic (exact) mass is 430 g/mol. The van der Waals surface area contributed by atoms with Gasteiger partial charge in [-0.3, -0.25) is 4.72 Å². The van der Waals surface area contributed by atoms with E-state index in [0.717, 1.165) is 25.0 Å². The van der Waals surface area contributed by atoms with Crippen LogP contribution < -0.4 is 4.72 Å². The predicted molar refractivity (Wildman–Crippen MR) is 101 cm³/mol. The molecule has 3 rings (SSSR count). The van der Waals surface area contributed by atoms with Crippen LogP contribution in [0.4, 0.5) is 14.5 Å². The fraction of sp³-hybridized carbons (Fsp3) is 0.333. The molecule has 2 aromatic rings. The molecule has 1 saturated heterocycles. The number of piperidine rings is 1. The molecule has 10 heteroatoms. The average Bonchev–Trinajstić information content (AvgIpc) is 2.64. The molecule has 0 amide bonds. The highest BCUT2D eigenvalue weighted by Gasteiger charge is 2.28. The van der Waals surface area contributed by atoms with Crippen molar-refractivity contribution in [3.8, 4) is 0 Å². The van der Waals surface area contributed by atoms with Gasteiger partial charge in [0.2, 0.25) is 10.0 Å². The van der Waals surface area contributed by atoms with E-state index in [-0.39, 0.29) is 16.5 Å². The topological polar surface area (TPSA) is 83.6 Å². The Morgan fingerprint density at radius 2 is 1.71 bits per heavy atom. The minimum atomic E-state index is -4.37. The molecule has 0 aliphatic carbocycles. The SMILES string of the molecule is C[C@H]1CCCN(S(=O)(=O)c2ccc(NS(=O)(=O)c3cc(F)ccc3F)cc2)C1. The second kappa shape index (κ2) is 7.76. The van der Waals surface area contributed by atoms with E-state index in [2.05, 4.69) is 4.72 Å². The molecular formula is C18H20F2N2O4S2. The van der Waals surface area contributed by atoms with Crippen LogP contribution in [0.25, 0.3) is 0 Å². The Bertz CT molecular complexity index is 1070. The zero-order valence-electron chi connectivity index (χ0n) is 15.1. The number of hydrogen-bond acceptors (Lipinski definition) is 4. The molecule has 1 heterocycles. The van der Waals surface area contributed by atoms with Crippen LogP contribution in [0.2, 0.25) is 0 Å². The molecule has 1 N–H and O–H groups in total. The molecule has 0 aromatic heterocycles. The largest absolute Gasteiger partial charge is 0.280 e. The summed E-state index contributed by atoms with van der Waals surface area (Å²) in [6, 6.07) is 7.23. The summed E-state index contributed by atoms with van der Waals surface area (Å²) in [7, 11) is -8.04. The molecule has 28 heavy (non-hydrogen) atoms. The standard InChI is InChI=1S/C18H20F2N2O4S2/c1-13-3-2-10-22(12-13)28(25,26)16-7-5-15(6-8-16)21-27(23,24)18-11-14(19)4-9-17(18)20/h4-9,11,13,21H,2-3,10,12H2,1H3/t13-/m0/s1. The van der Waals surface area contributed by atoms with Gasteiger partial charge in [0, 0.05) is 18.8 Å². The van der Waals surface area contributed by atoms with Crippen molar-refractivity contribution in [1.29, 1.82) is 0 Å². The quantitative estimate of drug-likeness (QED) is 0.790. The molecule has 0 saturated carbocycles. The number of nitrogens with zero attached hydrogens (tertiary/aromatic N) is 1. The van der Waals surface area contributed by atoms with Gasteiger partial charge in [0.05, 0.1) is 4.90 Å². The van der Waals surface area contributed by atoms with Crippen molar-refractivity contribution in [2.24, 2.45) is 5.92 Å². The summed E-state index contributed by atoms with van der Waals surface area (Å²) in [6.07, 6.45) is 1.76. The van der Waals surface area contributed by atoms with Gasteiger partial charge in [-0.1, -0.05) is 6.92 Å². The summed E-state index contributed by atoms with van der Waals surface area (Å²) < 4.78 is 80.6. The Kier molecular flexibility index (Phi) is 5.74. The molecule has 1 aliphatic heterocycles. The zero-order chi connectivity index (χ0) is 20.5. The van der Waals surface area contributed by atoms with Crippen molar-refractivity contribution in [3.63, 3.8) is 0 Å². The molecule has 6 nitrogen and oxygen atoms in total. The summed E-state index contributed by atoms with van der Waals surface area (Å²) >= 11 is 0. The third kappa shape index (κ3) is 4.34. The summed E-state index contributed by atoms with van der Waals surface area (Å²) in [5.74, 6) is -1.71. The summed E-state index contributed by atoms with van der Waals surface area (Å²) in [5, 5.41) is 0. The maximum atomic E-state index is 13.8. The number of anilines is 1. The van der Waals surface area contributed by atoms with Gasteiger partial charge >= 0.3 is 0 Å². The van der Waals surface area contributed by atoms with Gasteiger partial charge in [0.25, 0.3) is 10.0 Å². The third-order valence-corrected chi connectivity index (χ3v) is 7.82. The van der Waals surface area contributed by atoms with Crippen molar-refractivity contribution < 1.29 is 25.6 Å². The number of benzene rings is 2. The normalized spacial score (nSPS) is 18.8. The lowest BCUT2D eigenvalue weighted by Gasteiger charge is -2.30. The molecule has 0 radical (unpaired) electrons. The van der Waals surface area contributed by atoms with Crippen molar-refractivity contribution in [1.82, 2.24) is 4.31 Å². The highest BCUT2D eigenvalue weighted by Crippen LogP contribution is 2.25. The van der Waals surface area contributed by atoms with E-state index in [4.69, 9.17) is 0 Å². The molecule has 1 fully saturated rings. The molecule has 0 bridgehead atoms. The average molecular weight is 430 g/mol. The lowest BCUT2D eigenvalue weighted by atomic mass is 10.0. The molecule has 0 spiro atoms. The van der Waals surface area contributed by atoms with Gasteiger partial charge in [0.1, 0.15) is 16.5 Å². The molecule has 152 valence electrons. The number of halogens is 2. The van der Waals surface area contributed by atoms with Crippen LogP contribution >= 0.6 is 0 Å². The van der Waals surface area contributed by atoms with Gasteiger partial charge in [-0.2, -0.15) is 4.31 Å². The predicted octanol–water partition coefficient (Wildman–Crippen LogP) is 3.19. The first kappa shape index (κ1) is 20.7. The second-order valence-electron chi connectivity index (χ2n) is 6.82. The van der Waals surface area contributed by atoms with Crippen LogP contribution in [0.5, 0.6) is 0 Å². The van der Waals surface area contributed by atoms with Crippen molar-refractivity contribution >= 4 is 25.7 Å². The fourth-order valence-electron chi connectivity index (χ4n) is 3.10. The Morgan fingerprint density at radius 1 is 1.04 bits per heavy atom. The van der Waals surface area contributed by atoms with E-state index in [1.54, 1.807) is 0 Å². The molecule has 0 unspecified atom stereocenters. The van der Waals surface area contributed by atoms with Crippen LogP contribution in [-0.4, -0.2) is 34.2 Å². The first-order chi connectivity index (χ1) is 13.1. The first-order valence-electron chi connectivity index (χ1n) is 8.68. The van der Waals surface area contributed by atoms with Gasteiger partial charge < -0.3 is 0 Å². The Labute approximate surface area is 163 Å². The summed E-state index contributed by atoms with van der Waals surface area (Å²) in [6.45, 7) is 2.88. The zero-order valence-corrected chi connectivity index (χ0v) is 16.7.